The summed E-state index contributed by atoms with van der Waals surface area (Å²) in [7, 11) is 0. The fourth-order valence-corrected chi connectivity index (χ4v) is 2.18. The lowest BCUT2D eigenvalue weighted by Gasteiger charge is -2.13. The van der Waals surface area contributed by atoms with Gasteiger partial charge in [0, 0.05) is 16.9 Å². The van der Waals surface area contributed by atoms with Crippen molar-refractivity contribution in [2.45, 2.75) is 20.3 Å². The molecule has 0 aliphatic rings. The SMILES string of the molecule is CCc1cccc(Nc2cc(C)ccc2C(N)=S)c1. The van der Waals surface area contributed by atoms with Gasteiger partial charge in [-0.1, -0.05) is 37.3 Å². The second-order valence-electron chi connectivity index (χ2n) is 4.59. The molecule has 2 aromatic carbocycles. The molecule has 0 saturated heterocycles. The molecular weight excluding hydrogens is 252 g/mol. The van der Waals surface area contributed by atoms with Crippen molar-refractivity contribution in [2.24, 2.45) is 5.73 Å². The van der Waals surface area contributed by atoms with E-state index in [1.54, 1.807) is 0 Å². The van der Waals surface area contributed by atoms with Crippen molar-refractivity contribution in [2.75, 3.05) is 5.32 Å². The molecule has 0 radical (unpaired) electrons. The molecule has 0 aliphatic heterocycles. The van der Waals surface area contributed by atoms with E-state index < -0.39 is 0 Å². The molecule has 0 heterocycles. The zero-order valence-corrected chi connectivity index (χ0v) is 12.1. The van der Waals surface area contributed by atoms with E-state index in [-0.39, 0.29) is 0 Å². The van der Waals surface area contributed by atoms with Gasteiger partial charge in [-0.05, 0) is 48.7 Å². The van der Waals surface area contributed by atoms with E-state index in [0.717, 1.165) is 23.4 Å². The first-order valence-corrected chi connectivity index (χ1v) is 6.77. The van der Waals surface area contributed by atoms with Gasteiger partial charge in [0.15, 0.2) is 0 Å². The van der Waals surface area contributed by atoms with Crippen LogP contribution in [0.15, 0.2) is 42.5 Å². The Bertz CT molecular complexity index is 605. The Morgan fingerprint density at radius 2 is 2.00 bits per heavy atom. The molecule has 0 fully saturated rings. The van der Waals surface area contributed by atoms with Crippen molar-refractivity contribution in [1.82, 2.24) is 0 Å². The number of aryl methyl sites for hydroxylation is 2. The fraction of sp³-hybridized carbons (Fsp3) is 0.188. The van der Waals surface area contributed by atoms with Crippen LogP contribution in [0.5, 0.6) is 0 Å². The maximum Gasteiger partial charge on any atom is 0.106 e. The molecule has 0 saturated carbocycles. The third-order valence-electron chi connectivity index (χ3n) is 3.05. The Hall–Kier alpha value is -1.87. The third-order valence-corrected chi connectivity index (χ3v) is 3.27. The second kappa shape index (κ2) is 5.85. The largest absolute Gasteiger partial charge is 0.389 e. The molecule has 0 spiro atoms. The molecule has 19 heavy (non-hydrogen) atoms. The lowest BCUT2D eigenvalue weighted by Crippen LogP contribution is -2.12. The molecule has 0 amide bonds. The molecule has 2 nitrogen and oxygen atoms in total. The van der Waals surface area contributed by atoms with Crippen molar-refractivity contribution in [3.05, 3.63) is 59.2 Å². The van der Waals surface area contributed by atoms with E-state index in [4.69, 9.17) is 18.0 Å². The minimum absolute atomic E-state index is 0.411. The predicted molar refractivity (Wildman–Crippen MR) is 86.2 cm³/mol. The second-order valence-corrected chi connectivity index (χ2v) is 5.03. The third kappa shape index (κ3) is 3.32. The highest BCUT2D eigenvalue weighted by Crippen LogP contribution is 2.23. The van der Waals surface area contributed by atoms with Crippen LogP contribution in [0.25, 0.3) is 0 Å². The Morgan fingerprint density at radius 3 is 2.68 bits per heavy atom. The normalized spacial score (nSPS) is 10.2. The van der Waals surface area contributed by atoms with Crippen LogP contribution >= 0.6 is 12.2 Å². The summed E-state index contributed by atoms with van der Waals surface area (Å²) >= 11 is 5.10. The van der Waals surface area contributed by atoms with Gasteiger partial charge in [-0.3, -0.25) is 0 Å². The number of rotatable bonds is 4. The van der Waals surface area contributed by atoms with Crippen LogP contribution in [0.2, 0.25) is 0 Å². The summed E-state index contributed by atoms with van der Waals surface area (Å²) in [6.07, 6.45) is 1.02. The summed E-state index contributed by atoms with van der Waals surface area (Å²) in [5.74, 6) is 0. The van der Waals surface area contributed by atoms with Crippen LogP contribution < -0.4 is 11.1 Å². The fourth-order valence-electron chi connectivity index (χ4n) is 2.00. The number of nitrogens with one attached hydrogen (secondary N) is 1. The Morgan fingerprint density at radius 1 is 1.21 bits per heavy atom. The minimum atomic E-state index is 0.411. The van der Waals surface area contributed by atoms with Crippen LogP contribution in [0, 0.1) is 6.92 Å². The molecule has 0 unspecified atom stereocenters. The van der Waals surface area contributed by atoms with Crippen molar-refractivity contribution in [3.63, 3.8) is 0 Å². The summed E-state index contributed by atoms with van der Waals surface area (Å²) < 4.78 is 0. The summed E-state index contributed by atoms with van der Waals surface area (Å²) in [4.78, 5) is 0.411. The van der Waals surface area contributed by atoms with Crippen LogP contribution in [-0.2, 0) is 6.42 Å². The van der Waals surface area contributed by atoms with Gasteiger partial charge in [-0.25, -0.2) is 0 Å². The highest BCUT2D eigenvalue weighted by molar-refractivity contribution is 7.80. The van der Waals surface area contributed by atoms with Gasteiger partial charge in [-0.15, -0.1) is 0 Å². The van der Waals surface area contributed by atoms with Crippen molar-refractivity contribution >= 4 is 28.6 Å². The Labute approximate surface area is 119 Å². The highest BCUT2D eigenvalue weighted by atomic mass is 32.1. The first-order chi connectivity index (χ1) is 9.10. The van der Waals surface area contributed by atoms with Gasteiger partial charge in [0.1, 0.15) is 4.99 Å². The lowest BCUT2D eigenvalue weighted by molar-refractivity contribution is 1.14. The quantitative estimate of drug-likeness (QED) is 0.827. The average molecular weight is 270 g/mol. The topological polar surface area (TPSA) is 38.0 Å². The van der Waals surface area contributed by atoms with Crippen molar-refractivity contribution < 1.29 is 0 Å². The first-order valence-electron chi connectivity index (χ1n) is 6.36. The molecule has 98 valence electrons. The van der Waals surface area contributed by atoms with E-state index in [2.05, 4.69) is 43.4 Å². The summed E-state index contributed by atoms with van der Waals surface area (Å²) in [6.45, 7) is 4.20. The molecule has 0 atom stereocenters. The van der Waals surface area contributed by atoms with E-state index in [0.29, 0.717) is 4.99 Å². The van der Waals surface area contributed by atoms with Crippen LogP contribution in [0.4, 0.5) is 11.4 Å². The lowest BCUT2D eigenvalue weighted by atomic mass is 10.1. The van der Waals surface area contributed by atoms with E-state index >= 15 is 0 Å². The summed E-state index contributed by atoms with van der Waals surface area (Å²) in [5.41, 5.74) is 11.1. The minimum Gasteiger partial charge on any atom is -0.389 e. The first kappa shape index (κ1) is 13.6. The number of hydrogen-bond donors (Lipinski definition) is 2. The Kier molecular flexibility index (Phi) is 4.17. The van der Waals surface area contributed by atoms with Crippen molar-refractivity contribution in [3.8, 4) is 0 Å². The predicted octanol–water partition coefficient (Wildman–Crippen LogP) is 3.94. The summed E-state index contributed by atoms with van der Waals surface area (Å²) in [6, 6.07) is 14.4. The molecule has 3 heteroatoms. The smallest absolute Gasteiger partial charge is 0.106 e. The van der Waals surface area contributed by atoms with Gasteiger partial charge >= 0.3 is 0 Å². The maximum absolute atomic E-state index is 5.77. The zero-order valence-electron chi connectivity index (χ0n) is 11.2. The van der Waals surface area contributed by atoms with Gasteiger partial charge in [0.25, 0.3) is 0 Å². The molecule has 2 rings (SSSR count). The molecule has 3 N–H and O–H groups in total. The van der Waals surface area contributed by atoms with Crippen LogP contribution in [0.3, 0.4) is 0 Å². The maximum atomic E-state index is 5.77. The van der Waals surface area contributed by atoms with Gasteiger partial charge in [0.05, 0.1) is 0 Å². The standard InChI is InChI=1S/C16H18N2S/c1-3-12-5-4-6-13(10-12)18-15-9-11(2)7-8-14(15)16(17)19/h4-10,18H,3H2,1-2H3,(H2,17,19). The highest BCUT2D eigenvalue weighted by Gasteiger charge is 2.06. The van der Waals surface area contributed by atoms with Crippen LogP contribution in [0.1, 0.15) is 23.6 Å². The molecule has 0 bridgehead atoms. The zero-order chi connectivity index (χ0) is 13.8. The van der Waals surface area contributed by atoms with Gasteiger partial charge in [0.2, 0.25) is 0 Å². The van der Waals surface area contributed by atoms with E-state index in [1.165, 1.54) is 11.1 Å². The van der Waals surface area contributed by atoms with Gasteiger partial charge in [-0.2, -0.15) is 0 Å². The number of benzene rings is 2. The Balaban J connectivity index is 2.36. The number of thiocarbonyl (C=S) groups is 1. The molecule has 2 aromatic rings. The number of anilines is 2. The van der Waals surface area contributed by atoms with Crippen LogP contribution in [-0.4, -0.2) is 4.99 Å². The monoisotopic (exact) mass is 270 g/mol. The molecular formula is C16H18N2S. The average Bonchev–Trinajstić information content (AvgIpc) is 2.38. The molecule has 0 aliphatic carbocycles. The van der Waals surface area contributed by atoms with Gasteiger partial charge < -0.3 is 11.1 Å². The van der Waals surface area contributed by atoms with E-state index in [9.17, 15) is 0 Å². The molecule has 0 aromatic heterocycles. The summed E-state index contributed by atoms with van der Waals surface area (Å²) in [5, 5.41) is 3.40. The van der Waals surface area contributed by atoms with E-state index in [1.807, 2.05) is 18.2 Å². The number of nitrogens with two attached hydrogens (primary N) is 1. The number of hydrogen-bond acceptors (Lipinski definition) is 2. The van der Waals surface area contributed by atoms with Crippen molar-refractivity contribution in [1.29, 1.82) is 0 Å².